The van der Waals surface area contributed by atoms with Crippen molar-refractivity contribution >= 4 is 11.7 Å². The zero-order valence-electron chi connectivity index (χ0n) is 17.8. The quantitative estimate of drug-likeness (QED) is 0.578. The summed E-state index contributed by atoms with van der Waals surface area (Å²) < 4.78 is 46.1. The third kappa shape index (κ3) is 3.80. The number of carbonyl (C=O) groups excluding carboxylic acids is 1. The number of halogens is 3. The standard InChI is InChI=1S/C22H22F3N5O2/c1-4-5-15-10-14(8-9-26-15)16-11-27-30-13(2)12-29(21(31)19(16)30)18-7-6-17(22(23,24)25)20(28-18)32-3/h6-11,13H,4-5,12H2,1-3H3/t13-/m0/s1/i4-1. The van der Waals surface area contributed by atoms with Gasteiger partial charge in [0, 0.05) is 24.0 Å². The molecule has 1 aliphatic rings. The molecule has 4 rings (SSSR count). The van der Waals surface area contributed by atoms with Gasteiger partial charge in [0.15, 0.2) is 0 Å². The average molecular weight is 444 g/mol. The summed E-state index contributed by atoms with van der Waals surface area (Å²) in [6, 6.07) is 5.60. The lowest BCUT2D eigenvalue weighted by Crippen LogP contribution is -2.43. The predicted octanol–water partition coefficient (Wildman–Crippen LogP) is 4.54. The molecule has 3 aromatic rings. The Morgan fingerprint density at radius 3 is 2.72 bits per heavy atom. The molecule has 1 aliphatic heterocycles. The van der Waals surface area contributed by atoms with E-state index in [2.05, 4.69) is 22.0 Å². The van der Waals surface area contributed by atoms with Crippen LogP contribution in [0.4, 0.5) is 19.0 Å². The molecule has 0 spiro atoms. The number of nitrogens with zero attached hydrogens (tertiary/aromatic N) is 5. The van der Waals surface area contributed by atoms with Crippen molar-refractivity contribution in [3.05, 3.63) is 53.6 Å². The lowest BCUT2D eigenvalue weighted by Gasteiger charge is -2.32. The molecule has 0 aliphatic carbocycles. The van der Waals surface area contributed by atoms with Gasteiger partial charge in [0.1, 0.15) is 17.1 Å². The van der Waals surface area contributed by atoms with Gasteiger partial charge in [0.2, 0.25) is 5.88 Å². The molecule has 10 heteroatoms. The van der Waals surface area contributed by atoms with E-state index in [0.29, 0.717) is 11.3 Å². The molecule has 168 valence electrons. The fourth-order valence-electron chi connectivity index (χ4n) is 3.86. The molecule has 3 aromatic heterocycles. The molecule has 0 N–H and O–H groups in total. The molecule has 0 saturated heterocycles. The number of anilines is 1. The first kappa shape index (κ1) is 21.8. The van der Waals surface area contributed by atoms with Crippen LogP contribution in [0.2, 0.25) is 0 Å². The molecule has 4 heterocycles. The zero-order valence-corrected chi connectivity index (χ0v) is 17.8. The highest BCUT2D eigenvalue weighted by atomic mass is 19.4. The Bertz CT molecular complexity index is 1160. The Morgan fingerprint density at radius 1 is 1.25 bits per heavy atom. The van der Waals surface area contributed by atoms with Crippen molar-refractivity contribution in [1.82, 2.24) is 19.7 Å². The minimum Gasteiger partial charge on any atom is -0.481 e. The van der Waals surface area contributed by atoms with Crippen molar-refractivity contribution in [2.24, 2.45) is 0 Å². The van der Waals surface area contributed by atoms with Gasteiger partial charge in [-0.1, -0.05) is 13.3 Å². The molecular weight excluding hydrogens is 422 g/mol. The number of hydrogen-bond acceptors (Lipinski definition) is 5. The van der Waals surface area contributed by atoms with Crippen LogP contribution >= 0.6 is 0 Å². The van der Waals surface area contributed by atoms with Crippen LogP contribution in [-0.2, 0) is 12.6 Å². The maximum Gasteiger partial charge on any atom is 0.421 e. The first-order valence-electron chi connectivity index (χ1n) is 10.2. The lowest BCUT2D eigenvalue weighted by molar-refractivity contribution is -0.139. The smallest absolute Gasteiger partial charge is 0.421 e. The maximum absolute atomic E-state index is 13.5. The van der Waals surface area contributed by atoms with E-state index in [-0.39, 0.29) is 18.4 Å². The van der Waals surface area contributed by atoms with Gasteiger partial charge < -0.3 is 4.74 Å². The number of pyridine rings is 2. The molecule has 1 amide bonds. The number of rotatable bonds is 5. The highest BCUT2D eigenvalue weighted by Gasteiger charge is 2.38. The van der Waals surface area contributed by atoms with Crippen LogP contribution < -0.4 is 9.64 Å². The van der Waals surface area contributed by atoms with Crippen LogP contribution in [0.1, 0.15) is 48.1 Å². The number of ether oxygens (including phenoxy) is 1. The lowest BCUT2D eigenvalue weighted by atomic mass is 9.87. The highest BCUT2D eigenvalue weighted by Crippen LogP contribution is 2.38. The van der Waals surface area contributed by atoms with Crippen molar-refractivity contribution in [2.75, 3.05) is 18.6 Å². The van der Waals surface area contributed by atoms with Gasteiger partial charge in [-0.3, -0.25) is 19.4 Å². The molecule has 1 atom stereocenters. The van der Waals surface area contributed by atoms with E-state index in [4.69, 9.17) is 4.74 Å². The van der Waals surface area contributed by atoms with E-state index >= 15 is 0 Å². The summed E-state index contributed by atoms with van der Waals surface area (Å²) in [5, 5.41) is 4.40. The Kier molecular flexibility index (Phi) is 5.62. The van der Waals surface area contributed by atoms with E-state index in [0.717, 1.165) is 37.3 Å². The van der Waals surface area contributed by atoms with E-state index in [1.807, 2.05) is 19.1 Å². The third-order valence-electron chi connectivity index (χ3n) is 5.36. The Balaban J connectivity index is 1.76. The van der Waals surface area contributed by atoms with E-state index in [1.165, 1.54) is 11.0 Å². The van der Waals surface area contributed by atoms with E-state index < -0.39 is 23.5 Å². The molecule has 7 nitrogen and oxygen atoms in total. The average Bonchev–Trinajstić information content (AvgIpc) is 3.22. The summed E-state index contributed by atoms with van der Waals surface area (Å²) in [6.07, 6.45) is 0.469. The molecular formula is C22H22F3N5O2. The van der Waals surface area contributed by atoms with Gasteiger partial charge in [-0.2, -0.15) is 23.3 Å². The van der Waals surface area contributed by atoms with Crippen molar-refractivity contribution in [3.8, 4) is 17.0 Å². The zero-order chi connectivity index (χ0) is 23.0. The van der Waals surface area contributed by atoms with E-state index in [1.54, 1.807) is 17.1 Å². The van der Waals surface area contributed by atoms with Crippen LogP contribution in [0.25, 0.3) is 11.1 Å². The number of amides is 1. The number of fused-ring (bicyclic) bond motifs is 1. The SMILES string of the molecule is C[11CH2]Cc1cc(-c2cnn3c2C(=O)N(c2ccc(C(F)(F)F)c(OC)n2)C[C@@H]3C)ccn1. The normalized spacial score (nSPS) is 16.2. The van der Waals surface area contributed by atoms with Crippen molar-refractivity contribution in [1.29, 1.82) is 0 Å². The highest BCUT2D eigenvalue weighted by molar-refractivity contribution is 6.09. The summed E-state index contributed by atoms with van der Waals surface area (Å²) >= 11 is 0. The topological polar surface area (TPSA) is 73.1 Å². The summed E-state index contributed by atoms with van der Waals surface area (Å²) in [7, 11) is 1.12. The van der Waals surface area contributed by atoms with Crippen LogP contribution in [0, 0.1) is 0 Å². The van der Waals surface area contributed by atoms with E-state index in [9.17, 15) is 18.0 Å². The monoisotopic (exact) mass is 444 g/mol. The van der Waals surface area contributed by atoms with Gasteiger partial charge in [-0.15, -0.1) is 0 Å². The summed E-state index contributed by atoms with van der Waals surface area (Å²) in [5.41, 5.74) is 1.73. The van der Waals surface area contributed by atoms with Crippen molar-refractivity contribution in [2.45, 2.75) is 38.9 Å². The van der Waals surface area contributed by atoms with Crippen LogP contribution in [0.3, 0.4) is 0 Å². The number of alkyl halides is 3. The van der Waals surface area contributed by atoms with Gasteiger partial charge in [0.05, 0.1) is 19.3 Å². The van der Waals surface area contributed by atoms with Gasteiger partial charge in [0.25, 0.3) is 5.91 Å². The Labute approximate surface area is 182 Å². The second-order valence-electron chi connectivity index (χ2n) is 7.63. The Morgan fingerprint density at radius 2 is 2.03 bits per heavy atom. The third-order valence-corrected chi connectivity index (χ3v) is 5.36. The number of aromatic nitrogens is 4. The summed E-state index contributed by atoms with van der Waals surface area (Å²) in [4.78, 5) is 23.2. The minimum absolute atomic E-state index is 0.0894. The summed E-state index contributed by atoms with van der Waals surface area (Å²) in [6.45, 7) is 4.16. The van der Waals surface area contributed by atoms with Crippen molar-refractivity contribution in [3.63, 3.8) is 0 Å². The molecule has 32 heavy (non-hydrogen) atoms. The molecule has 0 unspecified atom stereocenters. The van der Waals surface area contributed by atoms with Gasteiger partial charge in [-0.05, 0) is 43.2 Å². The predicted molar refractivity (Wildman–Crippen MR) is 112 cm³/mol. The molecule has 0 fully saturated rings. The molecule has 0 radical (unpaired) electrons. The number of carbonyl (C=O) groups is 1. The Hall–Kier alpha value is -3.43. The second-order valence-corrected chi connectivity index (χ2v) is 7.63. The van der Waals surface area contributed by atoms with Crippen LogP contribution in [0.15, 0.2) is 36.7 Å². The summed E-state index contributed by atoms with van der Waals surface area (Å²) in [5.74, 6) is -0.877. The molecule has 0 aromatic carbocycles. The van der Waals surface area contributed by atoms with Gasteiger partial charge in [-0.25, -0.2) is 0 Å². The number of methoxy groups -OCH3 is 1. The first-order chi connectivity index (χ1) is 15.2. The van der Waals surface area contributed by atoms with Crippen LogP contribution in [-0.4, -0.2) is 39.3 Å². The fraction of sp³-hybridized carbons (Fsp3) is 0.364. The van der Waals surface area contributed by atoms with Gasteiger partial charge >= 0.3 is 6.18 Å². The second kappa shape index (κ2) is 8.25. The minimum atomic E-state index is -4.61. The first-order valence-corrected chi connectivity index (χ1v) is 10.2. The fourth-order valence-corrected chi connectivity index (χ4v) is 3.86. The molecule has 0 bridgehead atoms. The number of aryl methyl sites for hydroxylation is 1. The van der Waals surface area contributed by atoms with Crippen molar-refractivity contribution < 1.29 is 22.7 Å². The molecule has 0 saturated carbocycles. The van der Waals surface area contributed by atoms with Crippen LogP contribution in [0.5, 0.6) is 5.88 Å². The largest absolute Gasteiger partial charge is 0.481 e. The maximum atomic E-state index is 13.5. The number of hydrogen-bond donors (Lipinski definition) is 0.